The molecular formula is C21H35FN4. The van der Waals surface area contributed by atoms with Crippen LogP contribution in [0.2, 0.25) is 0 Å². The number of alkyl halides is 1. The van der Waals surface area contributed by atoms with Crippen molar-refractivity contribution >= 4 is 18.4 Å². The predicted octanol–water partition coefficient (Wildman–Crippen LogP) is 4.83. The van der Waals surface area contributed by atoms with Gasteiger partial charge in [-0.05, 0) is 51.4 Å². The molecule has 0 spiro atoms. The van der Waals surface area contributed by atoms with Crippen molar-refractivity contribution < 1.29 is 4.39 Å². The van der Waals surface area contributed by atoms with E-state index in [2.05, 4.69) is 30.1 Å². The Bertz CT molecular complexity index is 530. The van der Waals surface area contributed by atoms with Crippen LogP contribution in [0, 0.1) is 5.92 Å². The van der Waals surface area contributed by atoms with Gasteiger partial charge in [-0.3, -0.25) is 9.98 Å². The van der Waals surface area contributed by atoms with Gasteiger partial charge in [-0.1, -0.05) is 26.7 Å². The molecule has 3 unspecified atom stereocenters. The number of amidine groups is 1. The Labute approximate surface area is 158 Å². The van der Waals surface area contributed by atoms with E-state index in [0.717, 1.165) is 25.1 Å². The van der Waals surface area contributed by atoms with Crippen LogP contribution in [-0.2, 0) is 0 Å². The molecule has 5 heteroatoms. The Morgan fingerprint density at radius 3 is 2.46 bits per heavy atom. The van der Waals surface area contributed by atoms with Gasteiger partial charge < -0.3 is 4.90 Å². The van der Waals surface area contributed by atoms with Crippen LogP contribution in [-0.4, -0.2) is 53.6 Å². The van der Waals surface area contributed by atoms with Crippen molar-refractivity contribution in [3.8, 4) is 0 Å². The highest BCUT2D eigenvalue weighted by atomic mass is 19.1. The van der Waals surface area contributed by atoms with Gasteiger partial charge in [0, 0.05) is 18.7 Å². The molecule has 0 aromatic heterocycles. The third-order valence-corrected chi connectivity index (χ3v) is 6.29. The first-order valence-corrected chi connectivity index (χ1v) is 10.7. The summed E-state index contributed by atoms with van der Waals surface area (Å²) in [4.78, 5) is 16.8. The standard InChI is InChI=1S/C21H35FN4/c1-4-6-18(7-5-2)26-14-24-20(16-8-10-17(22)11-9-16)21(26)19-12-13-23-15(3)25-19/h13-14,16-21H,4-12H2,1-3H3. The Morgan fingerprint density at radius 1 is 1.15 bits per heavy atom. The Hall–Kier alpha value is -1.26. The van der Waals surface area contributed by atoms with Crippen LogP contribution in [0.15, 0.2) is 15.0 Å². The van der Waals surface area contributed by atoms with Crippen LogP contribution in [0.3, 0.4) is 0 Å². The van der Waals surface area contributed by atoms with Crippen LogP contribution in [0.1, 0.15) is 78.6 Å². The van der Waals surface area contributed by atoms with Crippen molar-refractivity contribution in [2.45, 2.75) is 109 Å². The first-order chi connectivity index (χ1) is 12.6. The summed E-state index contributed by atoms with van der Waals surface area (Å²) in [7, 11) is 0. The van der Waals surface area contributed by atoms with Gasteiger partial charge in [-0.2, -0.15) is 0 Å². The van der Waals surface area contributed by atoms with Crippen molar-refractivity contribution in [3.05, 3.63) is 0 Å². The maximum Gasteiger partial charge on any atom is 0.120 e. The molecule has 4 nitrogen and oxygen atoms in total. The Kier molecular flexibility index (Phi) is 6.82. The van der Waals surface area contributed by atoms with E-state index in [4.69, 9.17) is 9.98 Å². The Balaban J connectivity index is 1.82. The van der Waals surface area contributed by atoms with Crippen LogP contribution >= 0.6 is 0 Å². The first kappa shape index (κ1) is 19.5. The molecule has 3 atom stereocenters. The van der Waals surface area contributed by atoms with Crippen molar-refractivity contribution in [2.24, 2.45) is 20.9 Å². The van der Waals surface area contributed by atoms with Gasteiger partial charge in [0.2, 0.25) is 0 Å². The van der Waals surface area contributed by atoms with Crippen molar-refractivity contribution in [3.63, 3.8) is 0 Å². The van der Waals surface area contributed by atoms with E-state index >= 15 is 0 Å². The number of aliphatic imine (C=N–C) groups is 3. The molecule has 0 radical (unpaired) electrons. The monoisotopic (exact) mass is 362 g/mol. The summed E-state index contributed by atoms with van der Waals surface area (Å²) in [6.45, 7) is 6.52. The number of nitrogens with zero attached hydrogens (tertiary/aromatic N) is 4. The molecule has 26 heavy (non-hydrogen) atoms. The number of hydrogen-bond donors (Lipinski definition) is 0. The highest BCUT2D eigenvalue weighted by Gasteiger charge is 2.44. The summed E-state index contributed by atoms with van der Waals surface area (Å²) in [6.07, 6.45) is 12.5. The summed E-state index contributed by atoms with van der Waals surface area (Å²) in [6, 6.07) is 1.32. The average molecular weight is 363 g/mol. The maximum atomic E-state index is 13.7. The van der Waals surface area contributed by atoms with E-state index in [1.807, 2.05) is 13.1 Å². The highest BCUT2D eigenvalue weighted by molar-refractivity contribution is 5.89. The van der Waals surface area contributed by atoms with Crippen LogP contribution < -0.4 is 0 Å². The zero-order valence-electron chi connectivity index (χ0n) is 16.6. The van der Waals surface area contributed by atoms with Crippen molar-refractivity contribution in [1.82, 2.24) is 4.90 Å². The van der Waals surface area contributed by atoms with Gasteiger partial charge in [-0.15, -0.1) is 0 Å². The summed E-state index contributed by atoms with van der Waals surface area (Å²) in [5.74, 6) is 1.37. The molecule has 1 saturated carbocycles. The summed E-state index contributed by atoms with van der Waals surface area (Å²) < 4.78 is 13.7. The van der Waals surface area contributed by atoms with Crippen LogP contribution in [0.4, 0.5) is 4.39 Å². The lowest BCUT2D eigenvalue weighted by molar-refractivity contribution is 0.134. The van der Waals surface area contributed by atoms with Gasteiger partial charge in [0.1, 0.15) is 12.0 Å². The van der Waals surface area contributed by atoms with E-state index < -0.39 is 6.17 Å². The van der Waals surface area contributed by atoms with Crippen molar-refractivity contribution in [1.29, 1.82) is 0 Å². The first-order valence-electron chi connectivity index (χ1n) is 10.7. The minimum absolute atomic E-state index is 0.222. The van der Waals surface area contributed by atoms with Gasteiger partial charge >= 0.3 is 0 Å². The quantitative estimate of drug-likeness (QED) is 0.639. The topological polar surface area (TPSA) is 40.3 Å². The smallest absolute Gasteiger partial charge is 0.120 e. The van der Waals surface area contributed by atoms with E-state index in [-0.39, 0.29) is 12.1 Å². The van der Waals surface area contributed by atoms with E-state index in [9.17, 15) is 4.39 Å². The number of rotatable bonds is 7. The molecule has 3 rings (SSSR count). The molecule has 2 heterocycles. The molecule has 0 bridgehead atoms. The van der Waals surface area contributed by atoms with E-state index in [1.165, 1.54) is 25.7 Å². The second kappa shape index (κ2) is 9.09. The lowest BCUT2D eigenvalue weighted by Gasteiger charge is -2.41. The normalized spacial score (nSPS) is 34.6. The number of hydrogen-bond acceptors (Lipinski definition) is 4. The van der Waals surface area contributed by atoms with E-state index in [1.54, 1.807) is 0 Å². The third kappa shape index (κ3) is 4.34. The Morgan fingerprint density at radius 2 is 1.85 bits per heavy atom. The molecule has 3 aliphatic rings. The maximum absolute atomic E-state index is 13.7. The molecule has 0 amide bonds. The minimum atomic E-state index is -0.610. The summed E-state index contributed by atoms with van der Waals surface area (Å²) in [5.41, 5.74) is 0. The van der Waals surface area contributed by atoms with Crippen LogP contribution in [0.5, 0.6) is 0 Å². The highest BCUT2D eigenvalue weighted by Crippen LogP contribution is 2.37. The fraction of sp³-hybridized carbons (Fsp3) is 0.857. The summed E-state index contributed by atoms with van der Waals surface area (Å²) >= 11 is 0. The molecule has 1 aliphatic carbocycles. The average Bonchev–Trinajstić information content (AvgIpc) is 3.07. The van der Waals surface area contributed by atoms with Crippen molar-refractivity contribution in [2.75, 3.05) is 0 Å². The lowest BCUT2D eigenvalue weighted by atomic mass is 9.78. The zero-order chi connectivity index (χ0) is 18.5. The number of halogens is 1. The van der Waals surface area contributed by atoms with Gasteiger partial charge in [0.05, 0.1) is 24.5 Å². The molecule has 1 fully saturated rings. The molecule has 0 aromatic carbocycles. The molecule has 0 N–H and O–H groups in total. The van der Waals surface area contributed by atoms with Gasteiger partial charge in [0.25, 0.3) is 0 Å². The fourth-order valence-corrected chi connectivity index (χ4v) is 5.02. The lowest BCUT2D eigenvalue weighted by Crippen LogP contribution is -2.52. The minimum Gasteiger partial charge on any atom is -0.353 e. The molecular weight excluding hydrogens is 327 g/mol. The van der Waals surface area contributed by atoms with Gasteiger partial charge in [0.15, 0.2) is 0 Å². The second-order valence-electron chi connectivity index (χ2n) is 8.23. The molecule has 0 aromatic rings. The zero-order valence-corrected chi connectivity index (χ0v) is 16.6. The molecule has 0 saturated heterocycles. The van der Waals surface area contributed by atoms with Crippen LogP contribution in [0.25, 0.3) is 0 Å². The SMILES string of the molecule is CCCC(CCC)N1C=NC(C2CCC(F)CC2)C1C1CC=NC(C)=N1. The second-order valence-corrected chi connectivity index (χ2v) is 8.23. The van der Waals surface area contributed by atoms with E-state index in [0.29, 0.717) is 30.8 Å². The largest absolute Gasteiger partial charge is 0.353 e. The summed E-state index contributed by atoms with van der Waals surface area (Å²) in [5, 5.41) is 0. The third-order valence-electron chi connectivity index (χ3n) is 6.29. The molecule has 2 aliphatic heterocycles. The molecule has 146 valence electrons. The van der Waals surface area contributed by atoms with Gasteiger partial charge in [-0.25, -0.2) is 9.38 Å². The fourth-order valence-electron chi connectivity index (χ4n) is 5.02. The predicted molar refractivity (Wildman–Crippen MR) is 108 cm³/mol.